The van der Waals surface area contributed by atoms with Gasteiger partial charge in [-0.25, -0.2) is 4.98 Å². The molecule has 1 N–H and O–H groups in total. The molecule has 1 aliphatic heterocycles. The van der Waals surface area contributed by atoms with Gasteiger partial charge in [0.1, 0.15) is 5.01 Å². The van der Waals surface area contributed by atoms with Gasteiger partial charge in [-0.3, -0.25) is 4.90 Å². The lowest BCUT2D eigenvalue weighted by atomic mass is 10.0. The van der Waals surface area contributed by atoms with Crippen molar-refractivity contribution in [2.24, 2.45) is 0 Å². The van der Waals surface area contributed by atoms with Gasteiger partial charge in [0.05, 0.1) is 22.7 Å². The van der Waals surface area contributed by atoms with E-state index in [2.05, 4.69) is 18.7 Å². The van der Waals surface area contributed by atoms with Crippen LogP contribution in [0.1, 0.15) is 74.9 Å². The SMILES string of the molecule is CC(C)c1nc(CN2CCCCCC2)sc1C(C)(C)O. The van der Waals surface area contributed by atoms with Gasteiger partial charge in [-0.2, -0.15) is 0 Å². The molecule has 2 rings (SSSR count). The Bertz CT molecular complexity index is 426. The van der Waals surface area contributed by atoms with E-state index in [1.54, 1.807) is 11.3 Å². The summed E-state index contributed by atoms with van der Waals surface area (Å²) in [6, 6.07) is 0. The molecule has 20 heavy (non-hydrogen) atoms. The van der Waals surface area contributed by atoms with Gasteiger partial charge in [0, 0.05) is 0 Å². The zero-order valence-electron chi connectivity index (χ0n) is 13.3. The molecular weight excluding hydrogens is 268 g/mol. The highest BCUT2D eigenvalue weighted by molar-refractivity contribution is 7.11. The van der Waals surface area contributed by atoms with Gasteiger partial charge >= 0.3 is 0 Å². The molecule has 1 saturated heterocycles. The zero-order chi connectivity index (χ0) is 14.8. The second kappa shape index (κ2) is 6.54. The van der Waals surface area contributed by atoms with Crippen LogP contribution < -0.4 is 0 Å². The van der Waals surface area contributed by atoms with Crippen LogP contribution in [-0.2, 0) is 12.1 Å². The number of aromatic nitrogens is 1. The van der Waals surface area contributed by atoms with Gasteiger partial charge in [0.25, 0.3) is 0 Å². The molecule has 0 bridgehead atoms. The van der Waals surface area contributed by atoms with Crippen LogP contribution in [0.3, 0.4) is 0 Å². The predicted molar refractivity (Wildman–Crippen MR) is 85.2 cm³/mol. The summed E-state index contributed by atoms with van der Waals surface area (Å²) >= 11 is 1.69. The van der Waals surface area contributed by atoms with E-state index in [9.17, 15) is 5.11 Å². The number of hydrogen-bond acceptors (Lipinski definition) is 4. The summed E-state index contributed by atoms with van der Waals surface area (Å²) in [4.78, 5) is 8.37. The van der Waals surface area contributed by atoms with Gasteiger partial charge in [-0.1, -0.05) is 26.7 Å². The Morgan fingerprint density at radius 3 is 2.25 bits per heavy atom. The lowest BCUT2D eigenvalue weighted by Crippen LogP contribution is -2.23. The van der Waals surface area contributed by atoms with E-state index in [1.165, 1.54) is 38.8 Å². The van der Waals surface area contributed by atoms with E-state index in [4.69, 9.17) is 4.98 Å². The van der Waals surface area contributed by atoms with Crippen molar-refractivity contribution in [3.8, 4) is 0 Å². The summed E-state index contributed by atoms with van der Waals surface area (Å²) < 4.78 is 0. The molecular formula is C16H28N2OS. The van der Waals surface area contributed by atoms with Crippen molar-refractivity contribution in [3.63, 3.8) is 0 Å². The highest BCUT2D eigenvalue weighted by atomic mass is 32.1. The third-order valence-corrected chi connectivity index (χ3v) is 5.23. The Kier molecular flexibility index (Phi) is 5.21. The maximum Gasteiger partial charge on any atom is 0.107 e. The molecule has 114 valence electrons. The van der Waals surface area contributed by atoms with Crippen LogP contribution in [0.4, 0.5) is 0 Å². The number of nitrogens with zero attached hydrogens (tertiary/aromatic N) is 2. The number of rotatable bonds is 4. The van der Waals surface area contributed by atoms with Crippen LogP contribution in [0.15, 0.2) is 0 Å². The summed E-state index contributed by atoms with van der Waals surface area (Å²) in [6.07, 6.45) is 5.34. The van der Waals surface area contributed by atoms with Crippen LogP contribution in [0.25, 0.3) is 0 Å². The first-order valence-electron chi connectivity index (χ1n) is 7.82. The number of thiazole rings is 1. The minimum Gasteiger partial charge on any atom is -0.385 e. The van der Waals surface area contributed by atoms with E-state index in [1.807, 2.05) is 13.8 Å². The third kappa shape index (κ3) is 4.03. The smallest absolute Gasteiger partial charge is 0.107 e. The highest BCUT2D eigenvalue weighted by Gasteiger charge is 2.26. The standard InChI is InChI=1S/C16H28N2OS/c1-12(2)14-15(16(3,4)19)20-13(17-14)11-18-9-7-5-6-8-10-18/h12,19H,5-11H2,1-4H3. The molecule has 2 heterocycles. The first-order chi connectivity index (χ1) is 9.38. The number of aliphatic hydroxyl groups is 1. The van der Waals surface area contributed by atoms with Crippen molar-refractivity contribution in [1.29, 1.82) is 0 Å². The van der Waals surface area contributed by atoms with Crippen molar-refractivity contribution in [1.82, 2.24) is 9.88 Å². The maximum atomic E-state index is 10.3. The summed E-state index contributed by atoms with van der Waals surface area (Å²) in [5.41, 5.74) is 0.293. The molecule has 1 fully saturated rings. The number of likely N-dealkylation sites (tertiary alicyclic amines) is 1. The molecule has 0 radical (unpaired) electrons. The van der Waals surface area contributed by atoms with E-state index in [-0.39, 0.29) is 0 Å². The van der Waals surface area contributed by atoms with Gasteiger partial charge in [-0.15, -0.1) is 11.3 Å². The zero-order valence-corrected chi connectivity index (χ0v) is 14.1. The number of hydrogen-bond donors (Lipinski definition) is 1. The second-order valence-electron chi connectivity index (χ2n) is 6.73. The Morgan fingerprint density at radius 1 is 1.20 bits per heavy atom. The third-order valence-electron chi connectivity index (χ3n) is 3.86. The van der Waals surface area contributed by atoms with Gasteiger partial charge in [0.15, 0.2) is 0 Å². The fourth-order valence-corrected chi connectivity index (χ4v) is 4.02. The Labute approximate surface area is 127 Å². The lowest BCUT2D eigenvalue weighted by molar-refractivity contribution is 0.0811. The van der Waals surface area contributed by atoms with Crippen LogP contribution in [-0.4, -0.2) is 28.1 Å². The Balaban J connectivity index is 2.16. The summed E-state index contributed by atoms with van der Waals surface area (Å²) in [7, 11) is 0. The van der Waals surface area contributed by atoms with Crippen molar-refractivity contribution < 1.29 is 5.11 Å². The summed E-state index contributed by atoms with van der Waals surface area (Å²) in [6.45, 7) is 11.4. The first kappa shape index (κ1) is 15.9. The Morgan fingerprint density at radius 2 is 1.80 bits per heavy atom. The van der Waals surface area contributed by atoms with Gasteiger partial charge < -0.3 is 5.11 Å². The van der Waals surface area contributed by atoms with Crippen molar-refractivity contribution in [2.75, 3.05) is 13.1 Å². The summed E-state index contributed by atoms with van der Waals surface area (Å²) in [5.74, 6) is 0.366. The van der Waals surface area contributed by atoms with Crippen molar-refractivity contribution in [2.45, 2.75) is 71.4 Å². The topological polar surface area (TPSA) is 36.4 Å². The van der Waals surface area contributed by atoms with Crippen LogP contribution in [0.5, 0.6) is 0 Å². The monoisotopic (exact) mass is 296 g/mol. The van der Waals surface area contributed by atoms with Gasteiger partial charge in [-0.05, 0) is 45.7 Å². The minimum atomic E-state index is -0.783. The quantitative estimate of drug-likeness (QED) is 0.916. The molecule has 0 aliphatic carbocycles. The van der Waals surface area contributed by atoms with Crippen LogP contribution in [0.2, 0.25) is 0 Å². The largest absolute Gasteiger partial charge is 0.385 e. The predicted octanol–water partition coefficient (Wildman–Crippen LogP) is 3.87. The lowest BCUT2D eigenvalue weighted by Gasteiger charge is -2.18. The molecule has 0 amide bonds. The average molecular weight is 296 g/mol. The van der Waals surface area contributed by atoms with E-state index >= 15 is 0 Å². The van der Waals surface area contributed by atoms with Gasteiger partial charge in [0.2, 0.25) is 0 Å². The summed E-state index contributed by atoms with van der Waals surface area (Å²) in [5, 5.41) is 11.5. The molecule has 1 aromatic rings. The van der Waals surface area contributed by atoms with Crippen molar-refractivity contribution >= 4 is 11.3 Å². The molecule has 0 unspecified atom stereocenters. The van der Waals surface area contributed by atoms with E-state index in [0.29, 0.717) is 5.92 Å². The molecule has 0 atom stereocenters. The molecule has 4 heteroatoms. The minimum absolute atomic E-state index is 0.366. The average Bonchev–Trinajstić information content (AvgIpc) is 2.61. The Hall–Kier alpha value is -0.450. The van der Waals surface area contributed by atoms with E-state index < -0.39 is 5.60 Å². The van der Waals surface area contributed by atoms with Crippen LogP contribution >= 0.6 is 11.3 Å². The van der Waals surface area contributed by atoms with Crippen LogP contribution in [0, 0.1) is 0 Å². The molecule has 0 saturated carbocycles. The maximum absolute atomic E-state index is 10.3. The fourth-order valence-electron chi connectivity index (χ4n) is 2.76. The van der Waals surface area contributed by atoms with E-state index in [0.717, 1.165) is 22.1 Å². The second-order valence-corrected chi connectivity index (χ2v) is 7.81. The molecule has 3 nitrogen and oxygen atoms in total. The molecule has 1 aliphatic rings. The highest BCUT2D eigenvalue weighted by Crippen LogP contribution is 2.34. The van der Waals surface area contributed by atoms with Crippen molar-refractivity contribution in [3.05, 3.63) is 15.6 Å². The molecule has 0 aromatic carbocycles. The molecule has 0 spiro atoms. The normalized spacial score (nSPS) is 18.5. The molecule has 1 aromatic heterocycles. The first-order valence-corrected chi connectivity index (χ1v) is 8.64. The fraction of sp³-hybridized carbons (Fsp3) is 0.812.